The Hall–Kier alpha value is -0.170. The van der Waals surface area contributed by atoms with Crippen LogP contribution in [0.5, 0.6) is 0 Å². The molecule has 1 fully saturated rings. The van der Waals surface area contributed by atoms with E-state index in [-0.39, 0.29) is 18.1 Å². The van der Waals surface area contributed by atoms with Gasteiger partial charge in [-0.1, -0.05) is 6.42 Å². The minimum atomic E-state index is -3.37. The summed E-state index contributed by atoms with van der Waals surface area (Å²) in [4.78, 5) is 0. The van der Waals surface area contributed by atoms with Crippen LogP contribution in [0.15, 0.2) is 0 Å². The van der Waals surface area contributed by atoms with Gasteiger partial charge in [0.2, 0.25) is 0 Å². The van der Waals surface area contributed by atoms with E-state index in [4.69, 9.17) is 0 Å². The standard InChI is InChI=1S/C13H29N3O2S/c1-11(2)15(5)19(17,18)16(12(3)4)10-13-8-6-7-9-14-13/h11-14H,6-10H2,1-5H3. The molecule has 1 aliphatic heterocycles. The number of nitrogens with zero attached hydrogens (tertiary/aromatic N) is 2. The lowest BCUT2D eigenvalue weighted by atomic mass is 10.1. The average molecular weight is 291 g/mol. The first-order valence-electron chi connectivity index (χ1n) is 7.25. The van der Waals surface area contributed by atoms with Gasteiger partial charge in [0.25, 0.3) is 10.2 Å². The second-order valence-electron chi connectivity index (χ2n) is 5.93. The molecule has 0 bridgehead atoms. The summed E-state index contributed by atoms with van der Waals surface area (Å²) in [5, 5.41) is 3.42. The fourth-order valence-corrected chi connectivity index (χ4v) is 4.07. The maximum absolute atomic E-state index is 12.6. The summed E-state index contributed by atoms with van der Waals surface area (Å²) >= 11 is 0. The Bertz CT molecular complexity index is 362. The lowest BCUT2D eigenvalue weighted by Gasteiger charge is -2.35. The van der Waals surface area contributed by atoms with Crippen LogP contribution in [0.2, 0.25) is 0 Å². The minimum Gasteiger partial charge on any atom is -0.313 e. The first-order chi connectivity index (χ1) is 8.76. The first-order valence-corrected chi connectivity index (χ1v) is 8.64. The van der Waals surface area contributed by atoms with Crippen LogP contribution < -0.4 is 5.32 Å². The van der Waals surface area contributed by atoms with Crippen LogP contribution in [-0.4, -0.2) is 55.3 Å². The highest BCUT2D eigenvalue weighted by Crippen LogP contribution is 2.17. The Morgan fingerprint density at radius 1 is 1.16 bits per heavy atom. The topological polar surface area (TPSA) is 52.7 Å². The van der Waals surface area contributed by atoms with Crippen molar-refractivity contribution in [3.63, 3.8) is 0 Å². The van der Waals surface area contributed by atoms with Crippen LogP contribution in [0.4, 0.5) is 0 Å². The Kier molecular flexibility index (Phi) is 6.23. The molecule has 6 heteroatoms. The summed E-state index contributed by atoms with van der Waals surface area (Å²) in [6.07, 6.45) is 3.44. The average Bonchev–Trinajstić information content (AvgIpc) is 2.35. The SMILES string of the molecule is CC(C)N(C)S(=O)(=O)N(CC1CCCCN1)C(C)C. The Morgan fingerprint density at radius 3 is 2.21 bits per heavy atom. The number of nitrogens with one attached hydrogen (secondary N) is 1. The minimum absolute atomic E-state index is 0.0186. The summed E-state index contributed by atoms with van der Waals surface area (Å²) in [5.74, 6) is 0. The van der Waals surface area contributed by atoms with E-state index in [1.54, 1.807) is 11.4 Å². The van der Waals surface area contributed by atoms with Crippen LogP contribution in [0.25, 0.3) is 0 Å². The molecule has 5 nitrogen and oxygen atoms in total. The lowest BCUT2D eigenvalue weighted by molar-refractivity contribution is 0.259. The van der Waals surface area contributed by atoms with Gasteiger partial charge in [-0.05, 0) is 47.1 Å². The molecular weight excluding hydrogens is 262 g/mol. The van der Waals surface area contributed by atoms with E-state index in [0.717, 1.165) is 13.0 Å². The fourth-order valence-electron chi connectivity index (χ4n) is 2.30. The van der Waals surface area contributed by atoms with Gasteiger partial charge in [-0.15, -0.1) is 0 Å². The molecule has 19 heavy (non-hydrogen) atoms. The molecule has 1 heterocycles. The molecule has 0 radical (unpaired) electrons. The highest BCUT2D eigenvalue weighted by molar-refractivity contribution is 7.86. The van der Waals surface area contributed by atoms with Gasteiger partial charge in [-0.3, -0.25) is 0 Å². The van der Waals surface area contributed by atoms with Gasteiger partial charge in [0.15, 0.2) is 0 Å². The predicted molar refractivity (Wildman–Crippen MR) is 79.3 cm³/mol. The molecule has 1 atom stereocenters. The maximum Gasteiger partial charge on any atom is 0.282 e. The number of hydrogen-bond acceptors (Lipinski definition) is 3. The van der Waals surface area contributed by atoms with Gasteiger partial charge in [-0.25, -0.2) is 0 Å². The molecule has 1 N–H and O–H groups in total. The van der Waals surface area contributed by atoms with Crippen LogP contribution in [0, 0.1) is 0 Å². The summed E-state index contributed by atoms with van der Waals surface area (Å²) in [6, 6.07) is 0.243. The fraction of sp³-hybridized carbons (Fsp3) is 1.00. The zero-order valence-electron chi connectivity index (χ0n) is 12.9. The van der Waals surface area contributed by atoms with Crippen molar-refractivity contribution in [3.05, 3.63) is 0 Å². The third kappa shape index (κ3) is 4.41. The van der Waals surface area contributed by atoms with Gasteiger partial charge < -0.3 is 5.32 Å². The van der Waals surface area contributed by atoms with E-state index < -0.39 is 10.2 Å². The molecule has 1 unspecified atom stereocenters. The highest BCUT2D eigenvalue weighted by Gasteiger charge is 2.32. The van der Waals surface area contributed by atoms with Crippen molar-refractivity contribution in [2.24, 2.45) is 0 Å². The third-order valence-electron chi connectivity index (χ3n) is 3.78. The van der Waals surface area contributed by atoms with Gasteiger partial charge in [-0.2, -0.15) is 17.0 Å². The molecule has 0 aromatic carbocycles. The summed E-state index contributed by atoms with van der Waals surface area (Å²) in [6.45, 7) is 9.24. The van der Waals surface area contributed by atoms with Crippen molar-refractivity contribution < 1.29 is 8.42 Å². The molecule has 0 aromatic heterocycles. The van der Waals surface area contributed by atoms with Crippen LogP contribution in [0.3, 0.4) is 0 Å². The number of rotatable bonds is 6. The Balaban J connectivity index is 2.81. The van der Waals surface area contributed by atoms with E-state index in [1.165, 1.54) is 17.1 Å². The number of hydrogen-bond donors (Lipinski definition) is 1. The van der Waals surface area contributed by atoms with E-state index >= 15 is 0 Å². The van der Waals surface area contributed by atoms with Crippen molar-refractivity contribution in [1.82, 2.24) is 13.9 Å². The van der Waals surface area contributed by atoms with Crippen molar-refractivity contribution in [1.29, 1.82) is 0 Å². The van der Waals surface area contributed by atoms with E-state index in [0.29, 0.717) is 6.54 Å². The van der Waals surface area contributed by atoms with Crippen LogP contribution in [-0.2, 0) is 10.2 Å². The Labute approximate surface area is 118 Å². The molecule has 1 aliphatic rings. The molecule has 0 aromatic rings. The van der Waals surface area contributed by atoms with Gasteiger partial charge >= 0.3 is 0 Å². The Morgan fingerprint density at radius 2 is 1.79 bits per heavy atom. The zero-order chi connectivity index (χ0) is 14.6. The normalized spacial score (nSPS) is 21.8. The quantitative estimate of drug-likeness (QED) is 0.805. The van der Waals surface area contributed by atoms with Crippen molar-refractivity contribution >= 4 is 10.2 Å². The summed E-state index contributed by atoms with van der Waals surface area (Å²) in [7, 11) is -1.72. The van der Waals surface area contributed by atoms with Crippen LogP contribution >= 0.6 is 0 Å². The van der Waals surface area contributed by atoms with Gasteiger partial charge in [0.1, 0.15) is 0 Å². The van der Waals surface area contributed by atoms with Gasteiger partial charge in [0, 0.05) is 31.7 Å². The van der Waals surface area contributed by atoms with Crippen molar-refractivity contribution in [2.75, 3.05) is 20.1 Å². The first kappa shape index (κ1) is 16.9. The van der Waals surface area contributed by atoms with Crippen LogP contribution in [0.1, 0.15) is 47.0 Å². The molecule has 0 amide bonds. The molecule has 0 saturated carbocycles. The second kappa shape index (κ2) is 7.02. The molecule has 114 valence electrons. The zero-order valence-corrected chi connectivity index (χ0v) is 13.7. The van der Waals surface area contributed by atoms with E-state index in [9.17, 15) is 8.42 Å². The smallest absolute Gasteiger partial charge is 0.282 e. The molecule has 1 rings (SSSR count). The van der Waals surface area contributed by atoms with Crippen molar-refractivity contribution in [3.8, 4) is 0 Å². The second-order valence-corrected chi connectivity index (χ2v) is 7.87. The molecular formula is C13H29N3O2S. The predicted octanol–water partition coefficient (Wildman–Crippen LogP) is 1.42. The van der Waals surface area contributed by atoms with Gasteiger partial charge in [0.05, 0.1) is 0 Å². The number of piperidine rings is 1. The monoisotopic (exact) mass is 291 g/mol. The van der Waals surface area contributed by atoms with E-state index in [1.807, 2.05) is 27.7 Å². The third-order valence-corrected chi connectivity index (χ3v) is 6.09. The summed E-state index contributed by atoms with van der Waals surface area (Å²) < 4.78 is 28.3. The van der Waals surface area contributed by atoms with E-state index in [2.05, 4.69) is 5.32 Å². The maximum atomic E-state index is 12.6. The largest absolute Gasteiger partial charge is 0.313 e. The lowest BCUT2D eigenvalue weighted by Crippen LogP contribution is -2.53. The summed E-state index contributed by atoms with van der Waals surface area (Å²) in [5.41, 5.74) is 0. The molecule has 0 spiro atoms. The highest BCUT2D eigenvalue weighted by atomic mass is 32.2. The van der Waals surface area contributed by atoms with Crippen molar-refractivity contribution in [2.45, 2.75) is 65.1 Å². The molecule has 0 aliphatic carbocycles. The molecule has 1 saturated heterocycles.